The van der Waals surface area contributed by atoms with Gasteiger partial charge in [-0.25, -0.2) is 4.79 Å². The molecule has 2 aromatic rings. The molecule has 160 valence electrons. The molecule has 30 heavy (non-hydrogen) atoms. The predicted molar refractivity (Wildman–Crippen MR) is 112 cm³/mol. The second kappa shape index (κ2) is 7.80. The van der Waals surface area contributed by atoms with Crippen LogP contribution in [-0.4, -0.2) is 53.1 Å². The van der Waals surface area contributed by atoms with E-state index in [9.17, 15) is 4.79 Å². The van der Waals surface area contributed by atoms with Gasteiger partial charge in [0.15, 0.2) is 23.0 Å². The number of nitrogens with zero attached hydrogens (tertiary/aromatic N) is 1. The zero-order chi connectivity index (χ0) is 21.6. The van der Waals surface area contributed by atoms with Crippen molar-refractivity contribution in [2.75, 3.05) is 42.1 Å². The maximum absolute atomic E-state index is 12.5. The summed E-state index contributed by atoms with van der Waals surface area (Å²) in [5, 5.41) is 0.520. The van der Waals surface area contributed by atoms with Crippen LogP contribution in [0.25, 0.3) is 11.1 Å². The third-order valence-electron chi connectivity index (χ3n) is 5.91. The van der Waals surface area contributed by atoms with Gasteiger partial charge < -0.3 is 28.6 Å². The van der Waals surface area contributed by atoms with Crippen LogP contribution in [-0.2, 0) is 17.6 Å². The number of fused-ring (bicyclic) bond motifs is 2. The molecule has 0 spiro atoms. The van der Waals surface area contributed by atoms with Crippen LogP contribution in [0.1, 0.15) is 22.7 Å². The Morgan fingerprint density at radius 3 is 2.27 bits per heavy atom. The summed E-state index contributed by atoms with van der Waals surface area (Å²) in [6.07, 6.45) is 0.818. The van der Waals surface area contributed by atoms with Crippen molar-refractivity contribution in [2.45, 2.75) is 18.9 Å². The van der Waals surface area contributed by atoms with Crippen molar-refractivity contribution in [3.63, 3.8) is 0 Å². The molecule has 0 aromatic heterocycles. The predicted octanol–water partition coefficient (Wildman–Crippen LogP) is 4.26. The van der Waals surface area contributed by atoms with Crippen LogP contribution < -0.4 is 18.9 Å². The second-order valence-corrected chi connectivity index (χ2v) is 7.52. The summed E-state index contributed by atoms with van der Waals surface area (Å²) in [7, 11) is 7.75. The molecule has 2 aromatic carbocycles. The molecule has 0 unspecified atom stereocenters. The van der Waals surface area contributed by atoms with Crippen LogP contribution >= 0.6 is 11.6 Å². The lowest BCUT2D eigenvalue weighted by Crippen LogP contribution is -2.42. The summed E-state index contributed by atoms with van der Waals surface area (Å²) in [6.45, 7) is 0.502. The summed E-state index contributed by atoms with van der Waals surface area (Å²) in [5.41, 5.74) is 4.74. The zero-order valence-electron chi connectivity index (χ0n) is 17.6. The fourth-order valence-corrected chi connectivity index (χ4v) is 4.98. The molecule has 4 rings (SSSR count). The Hall–Kier alpha value is -2.80. The van der Waals surface area contributed by atoms with Gasteiger partial charge in [0.1, 0.15) is 0 Å². The van der Waals surface area contributed by atoms with Gasteiger partial charge in [-0.15, -0.1) is 0 Å². The van der Waals surface area contributed by atoms with Gasteiger partial charge in [0.2, 0.25) is 0 Å². The number of amides is 1. The number of carbonyl (C=O) groups excluding carboxylic acids is 1. The third kappa shape index (κ3) is 2.83. The number of hydrogen-bond donors (Lipinski definition) is 0. The molecular formula is C22H24ClNO6. The van der Waals surface area contributed by atoms with Gasteiger partial charge in [-0.1, -0.05) is 11.6 Å². The topological polar surface area (TPSA) is 66.5 Å². The molecule has 8 heteroatoms. The van der Waals surface area contributed by atoms with E-state index in [0.29, 0.717) is 47.4 Å². The first-order valence-electron chi connectivity index (χ1n) is 9.56. The summed E-state index contributed by atoms with van der Waals surface area (Å²) in [6, 6.07) is 3.65. The molecule has 1 heterocycles. The summed E-state index contributed by atoms with van der Waals surface area (Å²) < 4.78 is 27.5. The molecule has 0 saturated carbocycles. The Morgan fingerprint density at radius 1 is 1.00 bits per heavy atom. The van der Waals surface area contributed by atoms with Gasteiger partial charge in [0.25, 0.3) is 0 Å². The molecule has 0 saturated heterocycles. The first kappa shape index (κ1) is 20.5. The van der Waals surface area contributed by atoms with Gasteiger partial charge in [-0.3, -0.25) is 0 Å². The summed E-state index contributed by atoms with van der Waals surface area (Å²) in [4.78, 5) is 14.3. The summed E-state index contributed by atoms with van der Waals surface area (Å²) in [5.74, 6) is 2.26. The van der Waals surface area contributed by atoms with E-state index in [1.807, 2.05) is 12.1 Å². The second-order valence-electron chi connectivity index (χ2n) is 7.15. The SMILES string of the molecule is COC(=O)N1CCc2c(Cl)c(OC)c(OC)c3c2[C@@H]1Cc1cc(OC)c(OC)cc1-3. The van der Waals surface area contributed by atoms with E-state index >= 15 is 0 Å². The zero-order valence-corrected chi connectivity index (χ0v) is 18.4. The van der Waals surface area contributed by atoms with Crippen molar-refractivity contribution in [1.82, 2.24) is 4.90 Å². The largest absolute Gasteiger partial charge is 0.493 e. The quantitative estimate of drug-likeness (QED) is 0.717. The molecule has 0 N–H and O–H groups in total. The monoisotopic (exact) mass is 433 g/mol. The van der Waals surface area contributed by atoms with Gasteiger partial charge in [0.05, 0.1) is 46.6 Å². The lowest BCUT2D eigenvalue weighted by atomic mass is 9.76. The molecule has 1 atom stereocenters. The van der Waals surface area contributed by atoms with Crippen LogP contribution in [0, 0.1) is 0 Å². The van der Waals surface area contributed by atoms with Crippen molar-refractivity contribution in [1.29, 1.82) is 0 Å². The highest BCUT2D eigenvalue weighted by Gasteiger charge is 2.41. The highest BCUT2D eigenvalue weighted by molar-refractivity contribution is 6.33. The lowest BCUT2D eigenvalue weighted by Gasteiger charge is -2.42. The molecule has 0 fully saturated rings. The number of carbonyl (C=O) groups is 1. The van der Waals surface area contributed by atoms with Crippen molar-refractivity contribution >= 4 is 17.7 Å². The van der Waals surface area contributed by atoms with Gasteiger partial charge in [-0.2, -0.15) is 0 Å². The van der Waals surface area contributed by atoms with Crippen molar-refractivity contribution in [3.8, 4) is 34.1 Å². The normalized spacial score (nSPS) is 16.3. The van der Waals surface area contributed by atoms with E-state index in [0.717, 1.165) is 27.8 Å². The molecule has 1 amide bonds. The number of methoxy groups -OCH3 is 5. The van der Waals surface area contributed by atoms with E-state index in [-0.39, 0.29) is 12.1 Å². The molecule has 0 radical (unpaired) electrons. The summed E-state index contributed by atoms with van der Waals surface area (Å²) >= 11 is 6.74. The van der Waals surface area contributed by atoms with Crippen molar-refractivity contribution < 1.29 is 28.5 Å². The van der Waals surface area contributed by atoms with Crippen LogP contribution in [0.2, 0.25) is 5.02 Å². The fourth-order valence-electron chi connectivity index (χ4n) is 4.62. The number of rotatable bonds is 4. The Balaban J connectivity index is 2.08. The van der Waals surface area contributed by atoms with Gasteiger partial charge >= 0.3 is 6.09 Å². The lowest BCUT2D eigenvalue weighted by molar-refractivity contribution is 0.100. The maximum atomic E-state index is 12.5. The fraction of sp³-hybridized carbons (Fsp3) is 0.409. The minimum absolute atomic E-state index is 0.237. The highest BCUT2D eigenvalue weighted by atomic mass is 35.5. The Labute approximate surface area is 180 Å². The van der Waals surface area contributed by atoms with Crippen molar-refractivity contribution in [2.24, 2.45) is 0 Å². The Bertz CT molecular complexity index is 1020. The maximum Gasteiger partial charge on any atom is 0.410 e. The number of ether oxygens (including phenoxy) is 5. The first-order valence-corrected chi connectivity index (χ1v) is 9.94. The third-order valence-corrected chi connectivity index (χ3v) is 6.31. The minimum Gasteiger partial charge on any atom is -0.493 e. The van der Waals surface area contributed by atoms with E-state index in [2.05, 4.69) is 0 Å². The average Bonchev–Trinajstić information content (AvgIpc) is 2.78. The molecule has 1 aliphatic heterocycles. The minimum atomic E-state index is -0.369. The van der Waals surface area contributed by atoms with E-state index < -0.39 is 0 Å². The first-order chi connectivity index (χ1) is 14.5. The number of hydrogen-bond acceptors (Lipinski definition) is 6. The van der Waals surface area contributed by atoms with Gasteiger partial charge in [0, 0.05) is 12.1 Å². The van der Waals surface area contributed by atoms with Crippen LogP contribution in [0.15, 0.2) is 12.1 Å². The molecule has 0 bridgehead atoms. The van der Waals surface area contributed by atoms with E-state index in [1.54, 1.807) is 33.3 Å². The van der Waals surface area contributed by atoms with Crippen molar-refractivity contribution in [3.05, 3.63) is 33.8 Å². The average molecular weight is 434 g/mol. The smallest absolute Gasteiger partial charge is 0.410 e. The number of halogens is 1. The Morgan fingerprint density at radius 2 is 1.67 bits per heavy atom. The van der Waals surface area contributed by atoms with E-state index in [1.165, 1.54) is 7.11 Å². The molecule has 7 nitrogen and oxygen atoms in total. The van der Waals surface area contributed by atoms with Crippen LogP contribution in [0.4, 0.5) is 4.79 Å². The van der Waals surface area contributed by atoms with Crippen LogP contribution in [0.5, 0.6) is 23.0 Å². The standard InChI is InChI=1S/C22H24ClNO6/c1-26-15-9-11-8-14-17-12(6-7-24(14)22(25)30-5)19(23)21(29-4)20(28-3)18(17)13(11)10-16(15)27-2/h9-10,14H,6-8H2,1-5H3/t14-/m0/s1. The molecule has 1 aliphatic carbocycles. The Kier molecular flexibility index (Phi) is 5.32. The van der Waals surface area contributed by atoms with E-state index in [4.69, 9.17) is 35.3 Å². The van der Waals surface area contributed by atoms with Crippen LogP contribution in [0.3, 0.4) is 0 Å². The van der Waals surface area contributed by atoms with Gasteiger partial charge in [-0.05, 0) is 47.2 Å². The highest BCUT2D eigenvalue weighted by Crippen LogP contribution is 2.56. The molecule has 2 aliphatic rings. The molecular weight excluding hydrogens is 410 g/mol. The number of benzene rings is 2.